The predicted molar refractivity (Wildman–Crippen MR) is 98.8 cm³/mol. The number of fused-ring (bicyclic) bond motifs is 1. The number of aliphatic hydroxyl groups is 1. The maximum absolute atomic E-state index is 12.9. The van der Waals surface area contributed by atoms with Crippen molar-refractivity contribution < 1.29 is 19.0 Å². The molecule has 1 aromatic carbocycles. The molecule has 3 rings (SSSR count). The summed E-state index contributed by atoms with van der Waals surface area (Å²) in [6, 6.07) is 6.86. The van der Waals surface area contributed by atoms with Crippen molar-refractivity contribution in [2.75, 3.05) is 13.2 Å². The number of amides is 1. The van der Waals surface area contributed by atoms with Crippen molar-refractivity contribution in [1.82, 2.24) is 14.7 Å². The van der Waals surface area contributed by atoms with E-state index in [1.54, 1.807) is 6.92 Å². The summed E-state index contributed by atoms with van der Waals surface area (Å²) < 4.78 is 19.7. The van der Waals surface area contributed by atoms with Crippen LogP contribution in [0.5, 0.6) is 5.75 Å². The Morgan fingerprint density at radius 1 is 1.37 bits per heavy atom. The van der Waals surface area contributed by atoms with Gasteiger partial charge in [-0.05, 0) is 37.6 Å². The molecule has 0 aliphatic heterocycles. The van der Waals surface area contributed by atoms with E-state index in [0.29, 0.717) is 34.2 Å². The first-order valence-corrected chi connectivity index (χ1v) is 9.10. The quantitative estimate of drug-likeness (QED) is 0.600. The average molecular weight is 391 g/mol. The number of aromatic nitrogens is 2. The second-order valence-electron chi connectivity index (χ2n) is 5.79. The number of nitrogens with one attached hydrogen (secondary N) is 1. The van der Waals surface area contributed by atoms with Crippen LogP contribution in [0, 0.1) is 12.7 Å². The molecule has 0 saturated heterocycles. The first kappa shape index (κ1) is 19.0. The van der Waals surface area contributed by atoms with Gasteiger partial charge in [0.15, 0.2) is 4.96 Å². The van der Waals surface area contributed by atoms with Crippen molar-refractivity contribution >= 4 is 22.2 Å². The van der Waals surface area contributed by atoms with Gasteiger partial charge in [0.1, 0.15) is 23.9 Å². The van der Waals surface area contributed by atoms with Crippen LogP contribution in [-0.2, 0) is 6.61 Å². The van der Waals surface area contributed by atoms with Crippen molar-refractivity contribution in [2.24, 2.45) is 0 Å². The lowest BCUT2D eigenvalue weighted by atomic mass is 10.3. The number of carbonyl (C=O) groups is 1. The molecule has 27 heavy (non-hydrogen) atoms. The van der Waals surface area contributed by atoms with Crippen molar-refractivity contribution in [1.29, 1.82) is 0 Å². The van der Waals surface area contributed by atoms with E-state index in [-0.39, 0.29) is 36.2 Å². The molecule has 0 unspecified atom stereocenters. The average Bonchev–Trinajstić information content (AvgIpc) is 2.98. The van der Waals surface area contributed by atoms with Gasteiger partial charge in [-0.1, -0.05) is 0 Å². The number of aryl methyl sites for hydroxylation is 1. The third-order valence-electron chi connectivity index (χ3n) is 3.78. The fraction of sp³-hybridized carbons (Fsp3) is 0.278. The largest absolute Gasteiger partial charge is 0.487 e. The maximum atomic E-state index is 12.9. The number of aliphatic hydroxyl groups excluding tert-OH is 1. The van der Waals surface area contributed by atoms with Gasteiger partial charge in [-0.3, -0.25) is 9.59 Å². The third-order valence-corrected chi connectivity index (χ3v) is 4.73. The number of hydrogen-bond donors (Lipinski definition) is 2. The van der Waals surface area contributed by atoms with Crippen LogP contribution in [0.15, 0.2) is 35.1 Å². The number of halogens is 1. The molecule has 7 nitrogen and oxygen atoms in total. The topological polar surface area (TPSA) is 92.9 Å². The molecular weight excluding hydrogens is 373 g/mol. The number of ether oxygens (including phenoxy) is 1. The molecule has 2 heterocycles. The van der Waals surface area contributed by atoms with Crippen LogP contribution in [0.4, 0.5) is 4.39 Å². The molecule has 0 radical (unpaired) electrons. The fourth-order valence-corrected chi connectivity index (χ4v) is 3.50. The van der Waals surface area contributed by atoms with Crippen molar-refractivity contribution in [2.45, 2.75) is 20.0 Å². The zero-order chi connectivity index (χ0) is 19.4. The summed E-state index contributed by atoms with van der Waals surface area (Å²) >= 11 is 1.23. The van der Waals surface area contributed by atoms with Crippen molar-refractivity contribution in [3.63, 3.8) is 0 Å². The summed E-state index contributed by atoms with van der Waals surface area (Å²) in [7, 11) is 0. The lowest BCUT2D eigenvalue weighted by Gasteiger charge is -2.07. The number of hydrogen-bond acceptors (Lipinski definition) is 6. The molecule has 0 bridgehead atoms. The lowest BCUT2D eigenvalue weighted by molar-refractivity contribution is 0.0944. The minimum absolute atomic E-state index is 0.0252. The fourth-order valence-electron chi connectivity index (χ4n) is 2.51. The zero-order valence-electron chi connectivity index (χ0n) is 14.6. The van der Waals surface area contributed by atoms with Crippen LogP contribution in [0.1, 0.15) is 27.5 Å². The van der Waals surface area contributed by atoms with E-state index in [1.165, 1.54) is 46.1 Å². The molecule has 0 aliphatic rings. The van der Waals surface area contributed by atoms with Gasteiger partial charge in [0, 0.05) is 24.1 Å². The number of thiazole rings is 1. The summed E-state index contributed by atoms with van der Waals surface area (Å²) in [5.74, 6) is -0.282. The zero-order valence-corrected chi connectivity index (χ0v) is 15.4. The molecule has 2 aromatic heterocycles. The summed E-state index contributed by atoms with van der Waals surface area (Å²) in [6.07, 6.45) is 0.435. The highest BCUT2D eigenvalue weighted by atomic mass is 32.1. The van der Waals surface area contributed by atoms with Crippen molar-refractivity contribution in [3.05, 3.63) is 62.8 Å². The van der Waals surface area contributed by atoms with Crippen LogP contribution in [0.2, 0.25) is 0 Å². The van der Waals surface area contributed by atoms with Crippen LogP contribution in [0.25, 0.3) is 4.96 Å². The molecule has 0 saturated carbocycles. The van der Waals surface area contributed by atoms with E-state index in [0.717, 1.165) is 0 Å². The Hall–Kier alpha value is -2.78. The molecule has 1 amide bonds. The van der Waals surface area contributed by atoms with Gasteiger partial charge in [-0.15, -0.1) is 11.3 Å². The Kier molecular flexibility index (Phi) is 5.82. The van der Waals surface area contributed by atoms with E-state index in [4.69, 9.17) is 9.84 Å². The highest BCUT2D eigenvalue weighted by Gasteiger charge is 2.19. The van der Waals surface area contributed by atoms with Crippen LogP contribution in [-0.4, -0.2) is 33.6 Å². The monoisotopic (exact) mass is 391 g/mol. The molecule has 2 N–H and O–H groups in total. The number of rotatable bonds is 7. The molecule has 0 aliphatic carbocycles. The smallest absolute Gasteiger partial charge is 0.269 e. The SMILES string of the molecule is Cc1sc2nc(COc3ccc(F)cc3)cc(=O)n2c1C(=O)NCCCO. The summed E-state index contributed by atoms with van der Waals surface area (Å²) in [4.78, 5) is 30.3. The summed E-state index contributed by atoms with van der Waals surface area (Å²) in [5, 5.41) is 11.5. The van der Waals surface area contributed by atoms with E-state index in [1.807, 2.05) is 0 Å². The second kappa shape index (κ2) is 8.28. The molecule has 9 heteroatoms. The minimum atomic E-state index is -0.383. The number of nitrogens with zero attached hydrogens (tertiary/aromatic N) is 2. The minimum Gasteiger partial charge on any atom is -0.487 e. The Morgan fingerprint density at radius 3 is 2.81 bits per heavy atom. The van der Waals surface area contributed by atoms with E-state index < -0.39 is 0 Å². The Bertz CT molecular complexity index is 1010. The maximum Gasteiger partial charge on any atom is 0.269 e. The van der Waals surface area contributed by atoms with Crippen molar-refractivity contribution in [3.8, 4) is 5.75 Å². The highest BCUT2D eigenvalue weighted by molar-refractivity contribution is 7.17. The first-order chi connectivity index (χ1) is 13.0. The van der Waals surface area contributed by atoms with Gasteiger partial charge < -0.3 is 15.2 Å². The highest BCUT2D eigenvalue weighted by Crippen LogP contribution is 2.20. The van der Waals surface area contributed by atoms with Crippen LogP contribution >= 0.6 is 11.3 Å². The van der Waals surface area contributed by atoms with Gasteiger partial charge in [-0.2, -0.15) is 0 Å². The first-order valence-electron chi connectivity index (χ1n) is 8.29. The second-order valence-corrected chi connectivity index (χ2v) is 6.97. The number of benzene rings is 1. The molecule has 0 spiro atoms. The van der Waals surface area contributed by atoms with Gasteiger partial charge in [0.25, 0.3) is 11.5 Å². The molecule has 3 aromatic rings. The van der Waals surface area contributed by atoms with Crippen LogP contribution in [0.3, 0.4) is 0 Å². The number of carbonyl (C=O) groups excluding carboxylic acids is 1. The Balaban J connectivity index is 1.83. The molecule has 142 valence electrons. The van der Waals surface area contributed by atoms with Gasteiger partial charge in [0.2, 0.25) is 0 Å². The molecule has 0 atom stereocenters. The summed E-state index contributed by atoms with van der Waals surface area (Å²) in [5.41, 5.74) is 0.281. The van der Waals surface area contributed by atoms with Gasteiger partial charge >= 0.3 is 0 Å². The Labute approximate surface area is 158 Å². The molecule has 0 fully saturated rings. The predicted octanol–water partition coefficient (Wildman–Crippen LogP) is 1.89. The Morgan fingerprint density at radius 2 is 2.11 bits per heavy atom. The van der Waals surface area contributed by atoms with E-state index >= 15 is 0 Å². The summed E-state index contributed by atoms with van der Waals surface area (Å²) in [6.45, 7) is 2.08. The lowest BCUT2D eigenvalue weighted by Crippen LogP contribution is -2.29. The van der Waals surface area contributed by atoms with Crippen LogP contribution < -0.4 is 15.6 Å². The van der Waals surface area contributed by atoms with Gasteiger partial charge in [-0.25, -0.2) is 13.8 Å². The normalized spacial score (nSPS) is 10.9. The van der Waals surface area contributed by atoms with E-state index in [9.17, 15) is 14.0 Å². The van der Waals surface area contributed by atoms with E-state index in [2.05, 4.69) is 10.3 Å². The molecular formula is C18H18FN3O4S. The standard InChI is InChI=1S/C18H18FN3O4S/c1-11-16(17(25)20-7-2-8-23)22-15(24)9-13(21-18(22)27-11)10-26-14-5-3-12(19)4-6-14/h3-6,9,23H,2,7-8,10H2,1H3,(H,20,25). The third kappa shape index (κ3) is 4.32. The van der Waals surface area contributed by atoms with Gasteiger partial charge in [0.05, 0.1) is 5.69 Å².